The molecule has 1 N–H and O–H groups in total. The van der Waals surface area contributed by atoms with Gasteiger partial charge in [0.1, 0.15) is 5.75 Å². The topological polar surface area (TPSA) is 65.8 Å². The molecule has 1 aliphatic rings. The van der Waals surface area contributed by atoms with E-state index >= 15 is 0 Å². The SMILES string of the molecule is C=CCN1C(=O)/C(=C/c2cccc(O)c2)S/C1=N/c1cccc(C)n1. The highest BCUT2D eigenvalue weighted by molar-refractivity contribution is 8.18. The van der Waals surface area contributed by atoms with Crippen molar-refractivity contribution in [2.75, 3.05) is 6.54 Å². The predicted octanol–water partition coefficient (Wildman–Crippen LogP) is 3.89. The predicted molar refractivity (Wildman–Crippen MR) is 102 cm³/mol. The summed E-state index contributed by atoms with van der Waals surface area (Å²) in [6, 6.07) is 12.3. The van der Waals surface area contributed by atoms with E-state index in [9.17, 15) is 9.90 Å². The third kappa shape index (κ3) is 3.97. The zero-order valence-corrected chi connectivity index (χ0v) is 14.5. The van der Waals surface area contributed by atoms with Crippen LogP contribution >= 0.6 is 11.8 Å². The van der Waals surface area contributed by atoms with Gasteiger partial charge in [-0.3, -0.25) is 9.69 Å². The summed E-state index contributed by atoms with van der Waals surface area (Å²) in [4.78, 5) is 23.7. The van der Waals surface area contributed by atoms with Gasteiger partial charge in [0.25, 0.3) is 5.91 Å². The minimum absolute atomic E-state index is 0.139. The van der Waals surface area contributed by atoms with E-state index in [0.717, 1.165) is 11.3 Å². The lowest BCUT2D eigenvalue weighted by Gasteiger charge is -2.12. The molecule has 1 fully saturated rings. The van der Waals surface area contributed by atoms with Crippen molar-refractivity contribution in [3.63, 3.8) is 0 Å². The van der Waals surface area contributed by atoms with Crippen LogP contribution in [-0.4, -0.2) is 32.6 Å². The Hall–Kier alpha value is -2.86. The van der Waals surface area contributed by atoms with Gasteiger partial charge in [-0.05, 0) is 54.6 Å². The Balaban J connectivity index is 1.96. The first kappa shape index (κ1) is 17.0. The number of phenolic OH excluding ortho intramolecular Hbond substituents is 1. The maximum Gasteiger partial charge on any atom is 0.267 e. The Morgan fingerprint density at radius 3 is 2.84 bits per heavy atom. The Kier molecular flexibility index (Phi) is 5.00. The van der Waals surface area contributed by atoms with Crippen molar-refractivity contribution in [2.24, 2.45) is 4.99 Å². The van der Waals surface area contributed by atoms with E-state index < -0.39 is 0 Å². The monoisotopic (exact) mass is 351 g/mol. The molecule has 2 aromatic rings. The van der Waals surface area contributed by atoms with Crippen LogP contribution in [0.2, 0.25) is 0 Å². The van der Waals surface area contributed by atoms with E-state index in [2.05, 4.69) is 16.6 Å². The summed E-state index contributed by atoms with van der Waals surface area (Å²) in [6.45, 7) is 5.97. The molecule has 25 heavy (non-hydrogen) atoms. The molecular formula is C19H17N3O2S. The first-order valence-corrected chi connectivity index (χ1v) is 8.52. The summed E-state index contributed by atoms with van der Waals surface area (Å²) in [5, 5.41) is 10.1. The Morgan fingerprint density at radius 1 is 1.32 bits per heavy atom. The highest BCUT2D eigenvalue weighted by Gasteiger charge is 2.32. The van der Waals surface area contributed by atoms with E-state index in [4.69, 9.17) is 0 Å². The van der Waals surface area contributed by atoms with Crippen LogP contribution in [0.1, 0.15) is 11.3 Å². The van der Waals surface area contributed by atoms with Crippen LogP contribution in [0.25, 0.3) is 6.08 Å². The summed E-state index contributed by atoms with van der Waals surface area (Å²) in [7, 11) is 0. The van der Waals surface area contributed by atoms with Gasteiger partial charge in [0, 0.05) is 12.2 Å². The van der Waals surface area contributed by atoms with Gasteiger partial charge in [0.05, 0.1) is 4.91 Å². The van der Waals surface area contributed by atoms with Crippen LogP contribution in [0.3, 0.4) is 0 Å². The Morgan fingerprint density at radius 2 is 2.12 bits per heavy atom. The number of carbonyl (C=O) groups excluding carboxylic acids is 1. The number of phenols is 1. The lowest BCUT2D eigenvalue weighted by Crippen LogP contribution is -2.29. The van der Waals surface area contributed by atoms with Gasteiger partial charge >= 0.3 is 0 Å². The van der Waals surface area contributed by atoms with Crippen LogP contribution in [0.5, 0.6) is 5.75 Å². The van der Waals surface area contributed by atoms with Crippen molar-refractivity contribution in [3.8, 4) is 5.75 Å². The summed E-state index contributed by atoms with van der Waals surface area (Å²) >= 11 is 1.29. The minimum atomic E-state index is -0.139. The largest absolute Gasteiger partial charge is 0.508 e. The van der Waals surface area contributed by atoms with Crippen molar-refractivity contribution in [3.05, 3.63) is 71.3 Å². The number of thioether (sulfide) groups is 1. The van der Waals surface area contributed by atoms with Crippen LogP contribution in [0, 0.1) is 6.92 Å². The van der Waals surface area contributed by atoms with Gasteiger partial charge in [0.2, 0.25) is 0 Å². The average Bonchev–Trinajstić information content (AvgIpc) is 2.84. The molecule has 0 unspecified atom stereocenters. The molecule has 126 valence electrons. The summed E-state index contributed by atoms with van der Waals surface area (Å²) in [5.41, 5.74) is 1.62. The standard InChI is InChI=1S/C19H17N3O2S/c1-3-10-22-18(24)16(12-14-7-5-8-15(23)11-14)25-19(22)21-17-9-4-6-13(2)20-17/h3-9,11-12,23H,1,10H2,2H3/b16-12-,21-19+. The lowest BCUT2D eigenvalue weighted by molar-refractivity contribution is -0.121. The second-order valence-corrected chi connectivity index (χ2v) is 6.45. The summed E-state index contributed by atoms with van der Waals surface area (Å²) < 4.78 is 0. The Labute approximate surface area is 150 Å². The number of aromatic nitrogens is 1. The highest BCUT2D eigenvalue weighted by Crippen LogP contribution is 2.34. The molecule has 5 nitrogen and oxygen atoms in total. The van der Waals surface area contributed by atoms with Gasteiger partial charge < -0.3 is 5.11 Å². The third-order valence-electron chi connectivity index (χ3n) is 3.45. The molecule has 1 aromatic heterocycles. The highest BCUT2D eigenvalue weighted by atomic mass is 32.2. The van der Waals surface area contributed by atoms with Gasteiger partial charge in [-0.1, -0.05) is 24.3 Å². The van der Waals surface area contributed by atoms with Gasteiger partial charge in [-0.15, -0.1) is 6.58 Å². The second kappa shape index (κ2) is 7.36. The smallest absolute Gasteiger partial charge is 0.267 e. The fraction of sp³-hybridized carbons (Fsp3) is 0.105. The molecule has 0 spiro atoms. The number of pyridine rings is 1. The number of carbonyl (C=O) groups is 1. The summed E-state index contributed by atoms with van der Waals surface area (Å²) in [5.74, 6) is 0.577. The minimum Gasteiger partial charge on any atom is -0.508 e. The van der Waals surface area contributed by atoms with Crippen molar-refractivity contribution in [1.29, 1.82) is 0 Å². The quantitative estimate of drug-likeness (QED) is 0.670. The molecule has 3 rings (SSSR count). The maximum absolute atomic E-state index is 12.7. The van der Waals surface area contributed by atoms with Crippen LogP contribution in [-0.2, 0) is 4.79 Å². The maximum atomic E-state index is 12.7. The molecule has 0 radical (unpaired) electrons. The number of aromatic hydroxyl groups is 1. The molecule has 0 aliphatic carbocycles. The van der Waals surface area contributed by atoms with Gasteiger partial charge in [-0.2, -0.15) is 0 Å². The van der Waals surface area contributed by atoms with E-state index in [0.29, 0.717) is 22.4 Å². The van der Waals surface area contributed by atoms with E-state index in [1.165, 1.54) is 11.8 Å². The number of hydrogen-bond donors (Lipinski definition) is 1. The molecule has 1 amide bonds. The molecule has 1 saturated heterocycles. The van der Waals surface area contributed by atoms with Crippen LogP contribution in [0.4, 0.5) is 5.82 Å². The first-order chi connectivity index (χ1) is 12.1. The van der Waals surface area contributed by atoms with Gasteiger partial charge in [0.15, 0.2) is 11.0 Å². The van der Waals surface area contributed by atoms with Crippen LogP contribution in [0.15, 0.2) is 65.0 Å². The number of rotatable bonds is 4. The number of amidine groups is 1. The number of nitrogens with zero attached hydrogens (tertiary/aromatic N) is 3. The first-order valence-electron chi connectivity index (χ1n) is 7.70. The second-order valence-electron chi connectivity index (χ2n) is 5.44. The number of hydrogen-bond acceptors (Lipinski definition) is 5. The van der Waals surface area contributed by atoms with Gasteiger partial charge in [-0.25, -0.2) is 9.98 Å². The zero-order chi connectivity index (χ0) is 17.8. The summed E-state index contributed by atoms with van der Waals surface area (Å²) in [6.07, 6.45) is 3.41. The number of benzene rings is 1. The molecule has 0 atom stereocenters. The van der Waals surface area contributed by atoms with Crippen LogP contribution < -0.4 is 0 Å². The van der Waals surface area contributed by atoms with Crippen molar-refractivity contribution >= 4 is 34.7 Å². The third-order valence-corrected chi connectivity index (χ3v) is 4.46. The van der Waals surface area contributed by atoms with Crippen molar-refractivity contribution in [1.82, 2.24) is 9.88 Å². The molecule has 2 heterocycles. The zero-order valence-electron chi connectivity index (χ0n) is 13.7. The number of aliphatic imine (C=N–C) groups is 1. The van der Waals surface area contributed by atoms with E-state index in [1.807, 2.05) is 25.1 Å². The molecular weight excluding hydrogens is 334 g/mol. The molecule has 0 bridgehead atoms. The van der Waals surface area contributed by atoms with Crippen molar-refractivity contribution < 1.29 is 9.90 Å². The Bertz CT molecular complexity index is 890. The molecule has 1 aromatic carbocycles. The molecule has 0 saturated carbocycles. The number of amides is 1. The lowest BCUT2D eigenvalue weighted by atomic mass is 10.2. The fourth-order valence-corrected chi connectivity index (χ4v) is 3.33. The van der Waals surface area contributed by atoms with E-state index in [-0.39, 0.29) is 11.7 Å². The fourth-order valence-electron chi connectivity index (χ4n) is 2.34. The molecule has 6 heteroatoms. The average molecular weight is 351 g/mol. The van der Waals surface area contributed by atoms with Crippen molar-refractivity contribution in [2.45, 2.75) is 6.92 Å². The number of aryl methyl sites for hydroxylation is 1. The normalized spacial score (nSPS) is 17.5. The van der Waals surface area contributed by atoms with E-state index in [1.54, 1.807) is 41.3 Å². The molecule has 1 aliphatic heterocycles.